The lowest BCUT2D eigenvalue weighted by atomic mass is 10.1. The second kappa shape index (κ2) is 5.53. The van der Waals surface area contributed by atoms with Gasteiger partial charge in [0.25, 0.3) is 0 Å². The smallest absolute Gasteiger partial charge is 0.295 e. The van der Waals surface area contributed by atoms with Crippen LogP contribution in [0.4, 0.5) is 0 Å². The minimum absolute atomic E-state index is 0.123. The predicted molar refractivity (Wildman–Crippen MR) is 90.5 cm³/mol. The summed E-state index contributed by atoms with van der Waals surface area (Å²) in [5.41, 5.74) is 1.06. The standard InChI is InChI=1S/C15H18N6O3S/c1-19-12-6-5-10(8-13(12)20(2)15(19)22)25(23,24)18-11-4-3-7-21-14(11)16-9-17-21/h5-6,8-9,11,18H,3-4,7H2,1-2H3/t11-/m0/s1. The maximum Gasteiger partial charge on any atom is 0.328 e. The van der Waals surface area contributed by atoms with Gasteiger partial charge in [-0.2, -0.15) is 5.10 Å². The van der Waals surface area contributed by atoms with Crippen LogP contribution < -0.4 is 10.4 Å². The van der Waals surface area contributed by atoms with Gasteiger partial charge < -0.3 is 0 Å². The van der Waals surface area contributed by atoms with Crippen molar-refractivity contribution < 1.29 is 8.42 Å². The molecule has 0 spiro atoms. The predicted octanol–water partition coefficient (Wildman–Crippen LogP) is 0.282. The third-order valence-corrected chi connectivity index (χ3v) is 6.14. The van der Waals surface area contributed by atoms with Gasteiger partial charge in [-0.15, -0.1) is 0 Å². The van der Waals surface area contributed by atoms with Gasteiger partial charge >= 0.3 is 5.69 Å². The van der Waals surface area contributed by atoms with Gasteiger partial charge in [-0.1, -0.05) is 0 Å². The first-order chi connectivity index (χ1) is 11.9. The summed E-state index contributed by atoms with van der Waals surface area (Å²) in [6.07, 6.45) is 2.94. The second-order valence-corrected chi connectivity index (χ2v) is 7.92. The zero-order chi connectivity index (χ0) is 17.8. The molecule has 132 valence electrons. The Bertz CT molecular complexity index is 1120. The molecule has 4 rings (SSSR count). The number of nitrogens with zero attached hydrogens (tertiary/aromatic N) is 5. The molecule has 10 heteroatoms. The minimum atomic E-state index is -3.75. The van der Waals surface area contributed by atoms with Crippen LogP contribution >= 0.6 is 0 Å². The lowest BCUT2D eigenvalue weighted by Crippen LogP contribution is -2.33. The second-order valence-electron chi connectivity index (χ2n) is 6.21. The Morgan fingerprint density at radius 2 is 1.96 bits per heavy atom. The number of benzene rings is 1. The van der Waals surface area contributed by atoms with Gasteiger partial charge in [-0.05, 0) is 31.0 Å². The molecule has 1 N–H and O–H groups in total. The Morgan fingerprint density at radius 1 is 1.20 bits per heavy atom. The quantitative estimate of drug-likeness (QED) is 0.721. The normalized spacial score (nSPS) is 17.8. The van der Waals surface area contributed by atoms with E-state index in [0.29, 0.717) is 23.3 Å². The monoisotopic (exact) mass is 362 g/mol. The van der Waals surface area contributed by atoms with E-state index in [1.54, 1.807) is 24.8 Å². The summed E-state index contributed by atoms with van der Waals surface area (Å²) in [7, 11) is -0.466. The van der Waals surface area contributed by atoms with Crippen molar-refractivity contribution >= 4 is 21.1 Å². The number of sulfonamides is 1. The zero-order valence-corrected chi connectivity index (χ0v) is 14.7. The summed E-state index contributed by atoms with van der Waals surface area (Å²) in [6, 6.07) is 4.27. The van der Waals surface area contributed by atoms with E-state index in [1.165, 1.54) is 27.6 Å². The molecule has 1 atom stereocenters. The summed E-state index contributed by atoms with van der Waals surface area (Å²) in [6.45, 7) is 0.742. The van der Waals surface area contributed by atoms with Crippen LogP contribution in [0.15, 0.2) is 34.2 Å². The minimum Gasteiger partial charge on any atom is -0.295 e. The highest BCUT2D eigenvalue weighted by Crippen LogP contribution is 2.25. The molecule has 1 aromatic carbocycles. The Labute approximate surface area is 144 Å². The summed E-state index contributed by atoms with van der Waals surface area (Å²) in [5.74, 6) is 0.628. The van der Waals surface area contributed by atoms with Crippen LogP contribution in [0.2, 0.25) is 0 Å². The van der Waals surface area contributed by atoms with Gasteiger partial charge in [-0.3, -0.25) is 9.13 Å². The molecule has 0 amide bonds. The Balaban J connectivity index is 1.73. The number of fused-ring (bicyclic) bond motifs is 2. The van der Waals surface area contributed by atoms with Crippen molar-refractivity contribution in [2.75, 3.05) is 0 Å². The molecule has 25 heavy (non-hydrogen) atoms. The average Bonchev–Trinajstić information content (AvgIpc) is 3.15. The molecule has 0 unspecified atom stereocenters. The topological polar surface area (TPSA) is 104 Å². The van der Waals surface area contributed by atoms with Gasteiger partial charge in [0.05, 0.1) is 22.0 Å². The third-order valence-electron chi connectivity index (χ3n) is 4.67. The molecule has 0 radical (unpaired) electrons. The first-order valence-corrected chi connectivity index (χ1v) is 9.42. The number of rotatable bonds is 3. The van der Waals surface area contributed by atoms with Gasteiger partial charge in [-0.25, -0.2) is 27.6 Å². The van der Waals surface area contributed by atoms with Crippen molar-refractivity contribution in [3.05, 3.63) is 40.8 Å². The fourth-order valence-electron chi connectivity index (χ4n) is 3.31. The van der Waals surface area contributed by atoms with Crippen LogP contribution in [0.25, 0.3) is 11.0 Å². The van der Waals surface area contributed by atoms with Crippen molar-refractivity contribution in [3.8, 4) is 0 Å². The Hall–Kier alpha value is -2.46. The molecule has 0 fully saturated rings. The van der Waals surface area contributed by atoms with E-state index >= 15 is 0 Å². The van der Waals surface area contributed by atoms with E-state index in [1.807, 2.05) is 0 Å². The molecule has 0 aliphatic carbocycles. The zero-order valence-electron chi connectivity index (χ0n) is 13.9. The largest absolute Gasteiger partial charge is 0.328 e. The lowest BCUT2D eigenvalue weighted by molar-refractivity contribution is 0.400. The molecular formula is C15H18N6O3S. The summed E-state index contributed by atoms with van der Waals surface area (Å²) in [4.78, 5) is 16.3. The summed E-state index contributed by atoms with van der Waals surface area (Å²) < 4.78 is 33.0. The van der Waals surface area contributed by atoms with Gasteiger partial charge in [0.15, 0.2) is 0 Å². The molecule has 3 aromatic rings. The molecule has 0 saturated carbocycles. The van der Waals surface area contributed by atoms with Crippen molar-refractivity contribution in [1.29, 1.82) is 0 Å². The number of aromatic nitrogens is 5. The molecule has 0 bridgehead atoms. The van der Waals surface area contributed by atoms with E-state index in [9.17, 15) is 13.2 Å². The van der Waals surface area contributed by atoms with Crippen LogP contribution in [-0.2, 0) is 30.7 Å². The number of nitrogens with one attached hydrogen (secondary N) is 1. The van der Waals surface area contributed by atoms with Crippen molar-refractivity contribution in [1.82, 2.24) is 28.6 Å². The van der Waals surface area contributed by atoms with E-state index in [-0.39, 0.29) is 10.6 Å². The maximum atomic E-state index is 12.8. The summed E-state index contributed by atoms with van der Waals surface area (Å²) in [5, 5.41) is 4.10. The molecule has 0 saturated heterocycles. The molecule has 9 nitrogen and oxygen atoms in total. The Morgan fingerprint density at radius 3 is 2.76 bits per heavy atom. The van der Waals surface area contributed by atoms with Crippen LogP contribution in [0, 0.1) is 0 Å². The SMILES string of the molecule is Cn1c(=O)n(C)c2cc(S(=O)(=O)N[C@H]3CCCn4ncnc43)ccc21. The first-order valence-electron chi connectivity index (χ1n) is 7.94. The average molecular weight is 362 g/mol. The number of hydrogen-bond donors (Lipinski definition) is 1. The van der Waals surface area contributed by atoms with Crippen molar-refractivity contribution in [2.24, 2.45) is 14.1 Å². The van der Waals surface area contributed by atoms with E-state index in [4.69, 9.17) is 0 Å². The van der Waals surface area contributed by atoms with Gasteiger partial charge in [0.2, 0.25) is 10.0 Å². The van der Waals surface area contributed by atoms with Gasteiger partial charge in [0.1, 0.15) is 12.2 Å². The Kier molecular flexibility index (Phi) is 3.55. The van der Waals surface area contributed by atoms with Crippen LogP contribution in [0.3, 0.4) is 0 Å². The fourth-order valence-corrected chi connectivity index (χ4v) is 4.56. The van der Waals surface area contributed by atoms with Crippen molar-refractivity contribution in [2.45, 2.75) is 30.3 Å². The molecule has 2 aromatic heterocycles. The summed E-state index contributed by atoms with van der Waals surface area (Å²) >= 11 is 0. The lowest BCUT2D eigenvalue weighted by Gasteiger charge is -2.23. The highest BCUT2D eigenvalue weighted by atomic mass is 32.2. The van der Waals surface area contributed by atoms with Crippen LogP contribution in [0.1, 0.15) is 24.7 Å². The van der Waals surface area contributed by atoms with E-state index in [0.717, 1.165) is 13.0 Å². The van der Waals surface area contributed by atoms with E-state index in [2.05, 4.69) is 14.8 Å². The molecule has 1 aliphatic heterocycles. The number of imidazole rings is 1. The highest BCUT2D eigenvalue weighted by molar-refractivity contribution is 7.89. The maximum absolute atomic E-state index is 12.8. The van der Waals surface area contributed by atoms with Crippen molar-refractivity contribution in [3.63, 3.8) is 0 Å². The molecular weight excluding hydrogens is 344 g/mol. The molecule has 3 heterocycles. The first kappa shape index (κ1) is 16.0. The number of hydrogen-bond acceptors (Lipinski definition) is 5. The molecule has 1 aliphatic rings. The highest BCUT2D eigenvalue weighted by Gasteiger charge is 2.28. The van der Waals surface area contributed by atoms with E-state index < -0.39 is 16.1 Å². The third kappa shape index (κ3) is 2.48. The number of aryl methyl sites for hydroxylation is 3. The van der Waals surface area contributed by atoms with Crippen LogP contribution in [0.5, 0.6) is 0 Å². The van der Waals surface area contributed by atoms with Crippen LogP contribution in [-0.4, -0.2) is 32.3 Å². The fraction of sp³-hybridized carbons (Fsp3) is 0.400. The van der Waals surface area contributed by atoms with Gasteiger partial charge in [0, 0.05) is 20.6 Å².